The van der Waals surface area contributed by atoms with E-state index in [2.05, 4.69) is 21.2 Å². The Kier molecular flexibility index (Phi) is 10.8. The van der Waals surface area contributed by atoms with Crippen LogP contribution in [0, 0.1) is 5.82 Å². The highest BCUT2D eigenvalue weighted by Crippen LogP contribution is 2.28. The minimum Gasteiger partial charge on any atom is -0.493 e. The fourth-order valence-electron chi connectivity index (χ4n) is 3.41. The molecule has 0 atom stereocenters. The number of ether oxygens (including phenoxy) is 4. The smallest absolute Gasteiger partial charge is 0.329 e. The molecule has 210 valence electrons. The molecule has 0 unspecified atom stereocenters. The molecule has 0 saturated carbocycles. The van der Waals surface area contributed by atoms with E-state index in [4.69, 9.17) is 18.9 Å². The van der Waals surface area contributed by atoms with E-state index in [1.807, 2.05) is 6.07 Å². The first-order chi connectivity index (χ1) is 19.3. The van der Waals surface area contributed by atoms with Crippen LogP contribution in [0.4, 0.5) is 10.1 Å². The Bertz CT molecular complexity index is 1360. The van der Waals surface area contributed by atoms with Crippen molar-refractivity contribution in [2.24, 2.45) is 5.10 Å². The largest absolute Gasteiger partial charge is 0.493 e. The topological polar surface area (TPSA) is 137 Å². The predicted molar refractivity (Wildman–Crippen MR) is 146 cm³/mol. The second-order valence-electron chi connectivity index (χ2n) is 8.15. The third-order valence-electron chi connectivity index (χ3n) is 5.41. The van der Waals surface area contributed by atoms with Crippen LogP contribution in [0.25, 0.3) is 0 Å². The van der Waals surface area contributed by atoms with Crippen LogP contribution >= 0.6 is 0 Å². The maximum absolute atomic E-state index is 13.0. The molecule has 0 saturated heterocycles. The quantitative estimate of drug-likeness (QED) is 0.179. The lowest BCUT2D eigenvalue weighted by atomic mass is 10.1. The summed E-state index contributed by atoms with van der Waals surface area (Å²) in [6.45, 7) is -0.0790. The predicted octanol–water partition coefficient (Wildman–Crippen LogP) is 2.68. The van der Waals surface area contributed by atoms with E-state index in [0.29, 0.717) is 40.7 Å². The van der Waals surface area contributed by atoms with Crippen LogP contribution < -0.4 is 35.0 Å². The van der Waals surface area contributed by atoms with Crippen molar-refractivity contribution >= 4 is 29.6 Å². The Morgan fingerprint density at radius 3 is 2.20 bits per heavy atom. The molecule has 0 bridgehead atoms. The molecule has 0 aromatic heterocycles. The zero-order chi connectivity index (χ0) is 28.9. The van der Waals surface area contributed by atoms with Crippen molar-refractivity contribution in [2.75, 3.05) is 39.8 Å². The normalized spacial score (nSPS) is 10.5. The third kappa shape index (κ3) is 8.72. The Morgan fingerprint density at radius 2 is 1.50 bits per heavy atom. The number of methoxy groups -OCH3 is 3. The van der Waals surface area contributed by atoms with Gasteiger partial charge in [-0.25, -0.2) is 9.82 Å². The second kappa shape index (κ2) is 14.7. The SMILES string of the molecule is COc1ccc(CCNC(=O)C(=O)N/N=C\c2ccc(OCC(=O)Nc3ccc(F)cc3)c(OC)c2)cc1OC. The van der Waals surface area contributed by atoms with Crippen LogP contribution in [0.1, 0.15) is 11.1 Å². The Labute approximate surface area is 230 Å². The van der Waals surface area contributed by atoms with Crippen LogP contribution in [-0.4, -0.2) is 58.4 Å². The molecule has 3 aromatic carbocycles. The lowest BCUT2D eigenvalue weighted by Crippen LogP contribution is -2.38. The third-order valence-corrected chi connectivity index (χ3v) is 5.41. The highest BCUT2D eigenvalue weighted by Gasteiger charge is 2.13. The molecule has 0 heterocycles. The van der Waals surface area contributed by atoms with E-state index in [0.717, 1.165) is 5.56 Å². The van der Waals surface area contributed by atoms with Gasteiger partial charge in [0.25, 0.3) is 5.91 Å². The van der Waals surface area contributed by atoms with Gasteiger partial charge >= 0.3 is 11.8 Å². The van der Waals surface area contributed by atoms with Crippen molar-refractivity contribution in [3.63, 3.8) is 0 Å². The zero-order valence-corrected chi connectivity index (χ0v) is 22.2. The van der Waals surface area contributed by atoms with E-state index in [1.165, 1.54) is 44.7 Å². The van der Waals surface area contributed by atoms with Crippen LogP contribution in [0.2, 0.25) is 0 Å². The molecule has 12 heteroatoms. The summed E-state index contributed by atoms with van der Waals surface area (Å²) < 4.78 is 34.3. The minimum atomic E-state index is -0.928. The molecule has 0 aliphatic heterocycles. The summed E-state index contributed by atoms with van der Waals surface area (Å²) in [5, 5.41) is 8.92. The van der Waals surface area contributed by atoms with Gasteiger partial charge in [-0.1, -0.05) is 6.07 Å². The number of rotatable bonds is 12. The number of hydrogen-bond donors (Lipinski definition) is 3. The fourth-order valence-corrected chi connectivity index (χ4v) is 3.41. The highest BCUT2D eigenvalue weighted by atomic mass is 19.1. The monoisotopic (exact) mass is 552 g/mol. The first kappa shape index (κ1) is 29.4. The van der Waals surface area contributed by atoms with Crippen LogP contribution in [0.15, 0.2) is 65.8 Å². The van der Waals surface area contributed by atoms with Gasteiger partial charge in [-0.2, -0.15) is 5.10 Å². The zero-order valence-electron chi connectivity index (χ0n) is 22.2. The van der Waals surface area contributed by atoms with Gasteiger partial charge < -0.3 is 29.6 Å². The molecule has 0 radical (unpaired) electrons. The summed E-state index contributed by atoms with van der Waals surface area (Å²) in [6, 6.07) is 15.5. The van der Waals surface area contributed by atoms with Crippen LogP contribution in [-0.2, 0) is 20.8 Å². The van der Waals surface area contributed by atoms with Crippen molar-refractivity contribution in [3.8, 4) is 23.0 Å². The van der Waals surface area contributed by atoms with Crippen LogP contribution in [0.5, 0.6) is 23.0 Å². The lowest BCUT2D eigenvalue weighted by Gasteiger charge is -2.11. The molecule has 0 spiro atoms. The molecule has 0 aliphatic rings. The molecular formula is C28H29FN4O7. The van der Waals surface area contributed by atoms with Gasteiger partial charge in [-0.3, -0.25) is 14.4 Å². The average Bonchev–Trinajstić information content (AvgIpc) is 2.97. The number of carbonyl (C=O) groups is 3. The molecule has 11 nitrogen and oxygen atoms in total. The van der Waals surface area contributed by atoms with Gasteiger partial charge in [-0.15, -0.1) is 0 Å². The molecule has 3 amide bonds. The second-order valence-corrected chi connectivity index (χ2v) is 8.15. The van der Waals surface area contributed by atoms with Crippen molar-refractivity contribution in [2.45, 2.75) is 6.42 Å². The highest BCUT2D eigenvalue weighted by molar-refractivity contribution is 6.35. The summed E-state index contributed by atoms with van der Waals surface area (Å²) in [7, 11) is 4.50. The number of hydrogen-bond acceptors (Lipinski definition) is 8. The lowest BCUT2D eigenvalue weighted by molar-refractivity contribution is -0.139. The molecule has 3 aromatic rings. The number of carbonyl (C=O) groups excluding carboxylic acids is 3. The van der Waals surface area contributed by atoms with Crippen molar-refractivity contribution in [1.29, 1.82) is 0 Å². The van der Waals surface area contributed by atoms with Gasteiger partial charge in [0.05, 0.1) is 27.5 Å². The molecule has 0 fully saturated rings. The van der Waals surface area contributed by atoms with Crippen molar-refractivity contribution in [1.82, 2.24) is 10.7 Å². The van der Waals surface area contributed by atoms with E-state index < -0.39 is 23.5 Å². The van der Waals surface area contributed by atoms with Crippen molar-refractivity contribution in [3.05, 3.63) is 77.6 Å². The van der Waals surface area contributed by atoms with Gasteiger partial charge in [0.2, 0.25) is 0 Å². The number of hydrazone groups is 1. The molecule has 3 rings (SSSR count). The maximum Gasteiger partial charge on any atom is 0.329 e. The van der Waals surface area contributed by atoms with Gasteiger partial charge in [0, 0.05) is 12.2 Å². The number of nitrogens with one attached hydrogen (secondary N) is 3. The van der Waals surface area contributed by atoms with E-state index in [1.54, 1.807) is 37.4 Å². The first-order valence-corrected chi connectivity index (χ1v) is 12.0. The number of benzene rings is 3. The summed E-state index contributed by atoms with van der Waals surface area (Å²) in [6.07, 6.45) is 1.80. The molecule has 40 heavy (non-hydrogen) atoms. The maximum atomic E-state index is 13.0. The standard InChI is InChI=1S/C28H29FN4O7/c1-37-22-10-4-18(14-24(22)38-2)12-13-30-27(35)28(36)33-31-16-19-5-11-23(25(15-19)39-3)40-17-26(34)32-21-8-6-20(29)7-9-21/h4-11,14-16H,12-13,17H2,1-3H3,(H,30,35)(H,32,34)(H,33,36)/b31-16-. The van der Waals surface area contributed by atoms with Gasteiger partial charge in [0.1, 0.15) is 5.82 Å². The fraction of sp³-hybridized carbons (Fsp3) is 0.214. The van der Waals surface area contributed by atoms with E-state index in [-0.39, 0.29) is 13.2 Å². The first-order valence-electron chi connectivity index (χ1n) is 12.0. The summed E-state index contributed by atoms with van der Waals surface area (Å²) >= 11 is 0. The molecule has 0 aliphatic carbocycles. The number of anilines is 1. The summed E-state index contributed by atoms with van der Waals surface area (Å²) in [5.74, 6) is -0.831. The van der Waals surface area contributed by atoms with Gasteiger partial charge in [0.15, 0.2) is 29.6 Å². The van der Waals surface area contributed by atoms with E-state index >= 15 is 0 Å². The van der Waals surface area contributed by atoms with E-state index in [9.17, 15) is 18.8 Å². The Hall–Kier alpha value is -5.13. The number of halogens is 1. The van der Waals surface area contributed by atoms with Crippen molar-refractivity contribution < 1.29 is 37.7 Å². The van der Waals surface area contributed by atoms with Gasteiger partial charge in [-0.05, 0) is 72.1 Å². The molecular weight excluding hydrogens is 523 g/mol. The Morgan fingerprint density at radius 1 is 0.825 bits per heavy atom. The average molecular weight is 553 g/mol. The molecule has 3 N–H and O–H groups in total. The van der Waals surface area contributed by atoms with Crippen LogP contribution in [0.3, 0.4) is 0 Å². The Balaban J connectivity index is 1.45. The minimum absolute atomic E-state index is 0.228. The number of nitrogens with zero attached hydrogens (tertiary/aromatic N) is 1. The number of amides is 3. The summed E-state index contributed by atoms with van der Waals surface area (Å²) in [5.41, 5.74) is 4.03. The summed E-state index contributed by atoms with van der Waals surface area (Å²) in [4.78, 5) is 36.2.